The largest absolute Gasteiger partial charge is 0.448 e. The van der Waals surface area contributed by atoms with Crippen LogP contribution in [0.1, 0.15) is 37.5 Å². The van der Waals surface area contributed by atoms with E-state index in [9.17, 15) is 0 Å². The number of nitrogens with one attached hydrogen (secondary N) is 1. The molecule has 96 valence electrons. The highest BCUT2D eigenvalue weighted by atomic mass is 35.5. The fourth-order valence-corrected chi connectivity index (χ4v) is 1.96. The molecule has 1 aromatic heterocycles. The zero-order valence-electron chi connectivity index (χ0n) is 10.7. The van der Waals surface area contributed by atoms with E-state index in [-0.39, 0.29) is 0 Å². The zero-order valence-corrected chi connectivity index (χ0v) is 11.5. The SMILES string of the molecule is CCC(C)c1ccc(NCc2ccc(Cl)o2)cc1. The standard InChI is InChI=1S/C15H18ClNO/c1-3-11(2)12-4-6-13(7-5-12)17-10-14-8-9-15(16)18-14/h4-9,11,17H,3,10H2,1-2H3. The van der Waals surface area contributed by atoms with Gasteiger partial charge in [-0.05, 0) is 53.8 Å². The second kappa shape index (κ2) is 5.96. The fraction of sp³-hybridized carbons (Fsp3) is 0.333. The van der Waals surface area contributed by atoms with Crippen LogP contribution in [0.4, 0.5) is 5.69 Å². The van der Waals surface area contributed by atoms with Gasteiger partial charge in [0.1, 0.15) is 5.76 Å². The Balaban J connectivity index is 1.94. The minimum absolute atomic E-state index is 0.430. The minimum atomic E-state index is 0.430. The summed E-state index contributed by atoms with van der Waals surface area (Å²) in [6, 6.07) is 12.2. The monoisotopic (exact) mass is 263 g/mol. The van der Waals surface area contributed by atoms with E-state index in [0.29, 0.717) is 17.7 Å². The van der Waals surface area contributed by atoms with Crippen LogP contribution in [0.25, 0.3) is 0 Å². The second-order valence-electron chi connectivity index (χ2n) is 4.49. The first kappa shape index (κ1) is 13.0. The molecule has 0 saturated carbocycles. The Bertz CT molecular complexity index is 489. The number of furan rings is 1. The van der Waals surface area contributed by atoms with Gasteiger partial charge in [0.15, 0.2) is 5.22 Å². The predicted molar refractivity (Wildman–Crippen MR) is 76.2 cm³/mol. The third-order valence-corrected chi connectivity index (χ3v) is 3.39. The summed E-state index contributed by atoms with van der Waals surface area (Å²) < 4.78 is 5.29. The molecule has 0 aliphatic rings. The van der Waals surface area contributed by atoms with Gasteiger partial charge < -0.3 is 9.73 Å². The molecule has 0 fully saturated rings. The minimum Gasteiger partial charge on any atom is -0.448 e. The van der Waals surface area contributed by atoms with Crippen molar-refractivity contribution in [3.63, 3.8) is 0 Å². The van der Waals surface area contributed by atoms with Gasteiger partial charge in [0.05, 0.1) is 6.54 Å². The highest BCUT2D eigenvalue weighted by molar-refractivity contribution is 6.28. The average molecular weight is 264 g/mol. The van der Waals surface area contributed by atoms with E-state index in [2.05, 4.69) is 43.4 Å². The molecule has 1 aromatic carbocycles. The average Bonchev–Trinajstić information content (AvgIpc) is 2.82. The summed E-state index contributed by atoms with van der Waals surface area (Å²) in [5.74, 6) is 1.45. The molecule has 0 radical (unpaired) electrons. The Morgan fingerprint density at radius 2 is 1.89 bits per heavy atom. The van der Waals surface area contributed by atoms with Gasteiger partial charge in [-0.3, -0.25) is 0 Å². The molecule has 1 heterocycles. The molecule has 2 rings (SSSR count). The van der Waals surface area contributed by atoms with Crippen LogP contribution in [-0.2, 0) is 6.54 Å². The van der Waals surface area contributed by atoms with Gasteiger partial charge in [-0.15, -0.1) is 0 Å². The van der Waals surface area contributed by atoms with Gasteiger partial charge in [-0.25, -0.2) is 0 Å². The Morgan fingerprint density at radius 1 is 1.17 bits per heavy atom. The van der Waals surface area contributed by atoms with Crippen LogP contribution in [0.2, 0.25) is 5.22 Å². The molecule has 0 saturated heterocycles. The van der Waals surface area contributed by atoms with E-state index in [0.717, 1.165) is 17.9 Å². The second-order valence-corrected chi connectivity index (χ2v) is 4.86. The van der Waals surface area contributed by atoms with Crippen LogP contribution in [0.3, 0.4) is 0 Å². The summed E-state index contributed by atoms with van der Waals surface area (Å²) in [5, 5.41) is 3.74. The summed E-state index contributed by atoms with van der Waals surface area (Å²) in [4.78, 5) is 0. The predicted octanol–water partition coefficient (Wildman–Crippen LogP) is 5.06. The van der Waals surface area contributed by atoms with Crippen molar-refractivity contribution in [1.82, 2.24) is 0 Å². The zero-order chi connectivity index (χ0) is 13.0. The molecule has 1 unspecified atom stereocenters. The Kier molecular flexibility index (Phi) is 4.32. The maximum absolute atomic E-state index is 5.72. The lowest BCUT2D eigenvalue weighted by Crippen LogP contribution is -1.98. The van der Waals surface area contributed by atoms with Crippen LogP contribution in [0.5, 0.6) is 0 Å². The molecule has 1 N–H and O–H groups in total. The van der Waals surface area contributed by atoms with Gasteiger partial charge in [0.25, 0.3) is 0 Å². The number of halogens is 1. The molecular formula is C15H18ClNO. The summed E-state index contributed by atoms with van der Waals surface area (Å²) in [6.45, 7) is 5.10. The first-order valence-corrected chi connectivity index (χ1v) is 6.65. The molecule has 0 spiro atoms. The molecule has 0 aliphatic heterocycles. The number of benzene rings is 1. The lowest BCUT2D eigenvalue weighted by atomic mass is 9.99. The van der Waals surface area contributed by atoms with Crippen molar-refractivity contribution in [2.24, 2.45) is 0 Å². The fourth-order valence-electron chi connectivity index (χ4n) is 1.80. The van der Waals surface area contributed by atoms with Crippen LogP contribution in [0, 0.1) is 0 Å². The van der Waals surface area contributed by atoms with E-state index in [1.54, 1.807) is 6.07 Å². The first-order chi connectivity index (χ1) is 8.69. The van der Waals surface area contributed by atoms with Crippen molar-refractivity contribution in [2.75, 3.05) is 5.32 Å². The maximum atomic E-state index is 5.72. The Morgan fingerprint density at radius 3 is 2.44 bits per heavy atom. The van der Waals surface area contributed by atoms with E-state index >= 15 is 0 Å². The number of rotatable bonds is 5. The summed E-state index contributed by atoms with van der Waals surface area (Å²) in [6.07, 6.45) is 1.16. The molecule has 3 heteroatoms. The maximum Gasteiger partial charge on any atom is 0.193 e. The third kappa shape index (κ3) is 3.30. The van der Waals surface area contributed by atoms with E-state index in [1.165, 1.54) is 5.56 Å². The summed E-state index contributed by atoms with van der Waals surface area (Å²) >= 11 is 5.72. The number of anilines is 1. The lowest BCUT2D eigenvalue weighted by Gasteiger charge is -2.10. The van der Waals surface area contributed by atoms with Crippen molar-refractivity contribution in [3.05, 3.63) is 52.9 Å². The van der Waals surface area contributed by atoms with Crippen molar-refractivity contribution in [3.8, 4) is 0 Å². The molecule has 0 aliphatic carbocycles. The van der Waals surface area contributed by atoms with Crippen LogP contribution < -0.4 is 5.32 Å². The van der Waals surface area contributed by atoms with Crippen molar-refractivity contribution < 1.29 is 4.42 Å². The van der Waals surface area contributed by atoms with Crippen LogP contribution in [0.15, 0.2) is 40.8 Å². The molecular weight excluding hydrogens is 246 g/mol. The van der Waals surface area contributed by atoms with Crippen LogP contribution >= 0.6 is 11.6 Å². The van der Waals surface area contributed by atoms with Crippen LogP contribution in [-0.4, -0.2) is 0 Å². The number of hydrogen-bond acceptors (Lipinski definition) is 2. The summed E-state index contributed by atoms with van der Waals surface area (Å²) in [7, 11) is 0. The van der Waals surface area contributed by atoms with Crippen molar-refractivity contribution >= 4 is 17.3 Å². The molecule has 2 aromatic rings. The van der Waals surface area contributed by atoms with Gasteiger partial charge in [0.2, 0.25) is 0 Å². The quantitative estimate of drug-likeness (QED) is 0.816. The van der Waals surface area contributed by atoms with E-state index in [4.69, 9.17) is 16.0 Å². The number of hydrogen-bond donors (Lipinski definition) is 1. The highest BCUT2D eigenvalue weighted by Gasteiger charge is 2.03. The van der Waals surface area contributed by atoms with Crippen molar-refractivity contribution in [2.45, 2.75) is 32.7 Å². The third-order valence-electron chi connectivity index (χ3n) is 3.19. The molecule has 0 bridgehead atoms. The Labute approximate surface area is 113 Å². The van der Waals surface area contributed by atoms with Gasteiger partial charge in [0, 0.05) is 5.69 Å². The van der Waals surface area contributed by atoms with Crippen molar-refractivity contribution in [1.29, 1.82) is 0 Å². The van der Waals surface area contributed by atoms with E-state index in [1.807, 2.05) is 6.07 Å². The first-order valence-electron chi connectivity index (χ1n) is 6.27. The van der Waals surface area contributed by atoms with Gasteiger partial charge in [-0.2, -0.15) is 0 Å². The van der Waals surface area contributed by atoms with E-state index < -0.39 is 0 Å². The highest BCUT2D eigenvalue weighted by Crippen LogP contribution is 2.21. The molecule has 2 nitrogen and oxygen atoms in total. The van der Waals surface area contributed by atoms with Gasteiger partial charge in [-0.1, -0.05) is 26.0 Å². The van der Waals surface area contributed by atoms with Gasteiger partial charge >= 0.3 is 0 Å². The topological polar surface area (TPSA) is 25.2 Å². The lowest BCUT2D eigenvalue weighted by molar-refractivity contribution is 0.520. The smallest absolute Gasteiger partial charge is 0.193 e. The summed E-state index contributed by atoms with van der Waals surface area (Å²) in [5.41, 5.74) is 2.47. The Hall–Kier alpha value is -1.41. The normalized spacial score (nSPS) is 12.4. The molecule has 0 amide bonds. The molecule has 18 heavy (non-hydrogen) atoms. The molecule has 1 atom stereocenters.